The summed E-state index contributed by atoms with van der Waals surface area (Å²) in [6.45, 7) is 4.24. The van der Waals surface area contributed by atoms with Crippen molar-refractivity contribution >= 4 is 5.97 Å². The van der Waals surface area contributed by atoms with E-state index in [9.17, 15) is 9.90 Å². The van der Waals surface area contributed by atoms with Crippen LogP contribution in [0, 0.1) is 13.8 Å². The molecule has 0 bridgehead atoms. The molecule has 0 aliphatic heterocycles. The maximum atomic E-state index is 10.9. The lowest BCUT2D eigenvalue weighted by Gasteiger charge is -2.12. The molecule has 3 aromatic carbocycles. The Morgan fingerprint density at radius 1 is 0.885 bits per heavy atom. The third-order valence-corrected chi connectivity index (χ3v) is 4.81. The second-order valence-electron chi connectivity index (χ2n) is 6.56. The summed E-state index contributed by atoms with van der Waals surface area (Å²) >= 11 is 0. The van der Waals surface area contributed by atoms with Crippen LogP contribution in [0.2, 0.25) is 0 Å². The molecular weight excluding hydrogens is 324 g/mol. The van der Waals surface area contributed by atoms with Crippen molar-refractivity contribution < 1.29 is 15.0 Å². The Balaban J connectivity index is 1.96. The van der Waals surface area contributed by atoms with Gasteiger partial charge in [0.25, 0.3) is 0 Å². The number of aliphatic carboxylic acids is 1. The predicted octanol–water partition coefficient (Wildman–Crippen LogP) is 5.36. The number of aromatic hydroxyl groups is 1. The first-order valence-corrected chi connectivity index (χ1v) is 8.66. The Kier molecular flexibility index (Phi) is 5.08. The van der Waals surface area contributed by atoms with Crippen LogP contribution in [0.3, 0.4) is 0 Å². The molecule has 0 unspecified atom stereocenters. The number of carbonyl (C=O) groups is 1. The monoisotopic (exact) mass is 346 g/mol. The minimum Gasteiger partial charge on any atom is -0.508 e. The fraction of sp³-hybridized carbons (Fsp3) is 0.174. The summed E-state index contributed by atoms with van der Waals surface area (Å²) in [5.41, 5.74) is 7.71. The van der Waals surface area contributed by atoms with Gasteiger partial charge < -0.3 is 10.2 Å². The third-order valence-electron chi connectivity index (χ3n) is 4.81. The number of hydrogen-bond acceptors (Lipinski definition) is 2. The van der Waals surface area contributed by atoms with E-state index in [0.29, 0.717) is 6.42 Å². The van der Waals surface area contributed by atoms with Crippen LogP contribution in [0.5, 0.6) is 5.75 Å². The van der Waals surface area contributed by atoms with Crippen LogP contribution in [0.4, 0.5) is 0 Å². The van der Waals surface area contributed by atoms with Crippen LogP contribution in [0.15, 0.2) is 60.7 Å². The zero-order chi connectivity index (χ0) is 18.7. The maximum Gasteiger partial charge on any atom is 0.303 e. The molecular formula is C23H22O3. The molecule has 0 heterocycles. The van der Waals surface area contributed by atoms with Gasteiger partial charge in [0.2, 0.25) is 0 Å². The number of phenols is 1. The van der Waals surface area contributed by atoms with Crippen molar-refractivity contribution in [2.45, 2.75) is 26.7 Å². The van der Waals surface area contributed by atoms with Gasteiger partial charge in [-0.25, -0.2) is 0 Å². The van der Waals surface area contributed by atoms with E-state index in [0.717, 1.165) is 22.3 Å². The lowest BCUT2D eigenvalue weighted by atomic mass is 9.93. The molecule has 132 valence electrons. The lowest BCUT2D eigenvalue weighted by Crippen LogP contribution is -1.99. The molecule has 0 aliphatic carbocycles. The second-order valence-corrected chi connectivity index (χ2v) is 6.56. The quantitative estimate of drug-likeness (QED) is 0.654. The van der Waals surface area contributed by atoms with Gasteiger partial charge in [0.15, 0.2) is 0 Å². The summed E-state index contributed by atoms with van der Waals surface area (Å²) in [6.07, 6.45) is 0.425. The van der Waals surface area contributed by atoms with Crippen molar-refractivity contribution in [1.29, 1.82) is 0 Å². The minimum atomic E-state index is -0.843. The van der Waals surface area contributed by atoms with Gasteiger partial charge in [0, 0.05) is 6.42 Å². The van der Waals surface area contributed by atoms with Crippen molar-refractivity contribution in [2.24, 2.45) is 0 Å². The van der Waals surface area contributed by atoms with Crippen molar-refractivity contribution in [2.75, 3.05) is 0 Å². The van der Waals surface area contributed by atoms with E-state index in [-0.39, 0.29) is 12.2 Å². The number of hydrogen-bond donors (Lipinski definition) is 2. The van der Waals surface area contributed by atoms with Gasteiger partial charge >= 0.3 is 5.97 Å². The summed E-state index contributed by atoms with van der Waals surface area (Å²) in [5, 5.41) is 18.7. The molecule has 2 N–H and O–H groups in total. The van der Waals surface area contributed by atoms with Crippen molar-refractivity contribution in [1.82, 2.24) is 0 Å². The summed E-state index contributed by atoms with van der Waals surface area (Å²) in [6, 6.07) is 19.7. The highest BCUT2D eigenvalue weighted by atomic mass is 16.4. The van der Waals surface area contributed by atoms with Crippen LogP contribution < -0.4 is 0 Å². The van der Waals surface area contributed by atoms with Gasteiger partial charge in [-0.15, -0.1) is 0 Å². The molecule has 0 atom stereocenters. The standard InChI is InChI=1S/C23H22O3/c1-15-4-3-5-21(16(15)2)17-6-8-18(9-7-17)22-12-11-20(24)14-19(22)10-13-23(25)26/h3-9,11-12,14,24H,10,13H2,1-2H3,(H,25,26). The highest BCUT2D eigenvalue weighted by Gasteiger charge is 2.10. The summed E-state index contributed by atoms with van der Waals surface area (Å²) in [4.78, 5) is 10.9. The minimum absolute atomic E-state index is 0.0387. The highest BCUT2D eigenvalue weighted by Crippen LogP contribution is 2.31. The Labute approximate surface area is 153 Å². The van der Waals surface area contributed by atoms with E-state index >= 15 is 0 Å². The number of carboxylic acids is 1. The van der Waals surface area contributed by atoms with Gasteiger partial charge in [-0.2, -0.15) is 0 Å². The highest BCUT2D eigenvalue weighted by molar-refractivity contribution is 5.75. The molecule has 0 spiro atoms. The molecule has 0 fully saturated rings. The zero-order valence-corrected chi connectivity index (χ0v) is 15.0. The maximum absolute atomic E-state index is 10.9. The van der Waals surface area contributed by atoms with Crippen LogP contribution >= 0.6 is 0 Å². The molecule has 0 saturated heterocycles. The smallest absolute Gasteiger partial charge is 0.303 e. The van der Waals surface area contributed by atoms with Gasteiger partial charge in [0.1, 0.15) is 5.75 Å². The van der Waals surface area contributed by atoms with Crippen LogP contribution in [0.1, 0.15) is 23.1 Å². The van der Waals surface area contributed by atoms with Gasteiger partial charge in [-0.05, 0) is 71.3 Å². The second kappa shape index (κ2) is 7.44. The van der Waals surface area contributed by atoms with Crippen LogP contribution in [-0.4, -0.2) is 16.2 Å². The summed E-state index contributed by atoms with van der Waals surface area (Å²) in [7, 11) is 0. The SMILES string of the molecule is Cc1cccc(-c2ccc(-c3ccc(O)cc3CCC(=O)O)cc2)c1C. The summed E-state index contributed by atoms with van der Waals surface area (Å²) < 4.78 is 0. The molecule has 3 heteroatoms. The van der Waals surface area contributed by atoms with E-state index in [1.54, 1.807) is 12.1 Å². The zero-order valence-electron chi connectivity index (χ0n) is 15.0. The molecule has 0 radical (unpaired) electrons. The topological polar surface area (TPSA) is 57.5 Å². The number of aryl methyl sites for hydroxylation is 2. The van der Waals surface area contributed by atoms with Crippen LogP contribution in [-0.2, 0) is 11.2 Å². The average Bonchev–Trinajstić information content (AvgIpc) is 2.63. The number of phenolic OH excluding ortho intramolecular Hbond substituents is 1. The Morgan fingerprint density at radius 2 is 1.54 bits per heavy atom. The molecule has 0 aromatic heterocycles. The molecule has 0 amide bonds. The average molecular weight is 346 g/mol. The predicted molar refractivity (Wildman–Crippen MR) is 104 cm³/mol. The summed E-state index contributed by atoms with van der Waals surface area (Å²) in [5.74, 6) is -0.689. The lowest BCUT2D eigenvalue weighted by molar-refractivity contribution is -0.136. The largest absolute Gasteiger partial charge is 0.508 e. The third kappa shape index (κ3) is 3.77. The van der Waals surface area contributed by atoms with Gasteiger partial charge in [-0.3, -0.25) is 4.79 Å². The molecule has 0 saturated carbocycles. The van der Waals surface area contributed by atoms with E-state index in [1.165, 1.54) is 16.7 Å². The number of benzene rings is 3. The van der Waals surface area contributed by atoms with Gasteiger partial charge in [0.05, 0.1) is 0 Å². The van der Waals surface area contributed by atoms with E-state index < -0.39 is 5.97 Å². The fourth-order valence-electron chi connectivity index (χ4n) is 3.20. The first kappa shape index (κ1) is 17.7. The molecule has 0 aliphatic rings. The van der Waals surface area contributed by atoms with Crippen molar-refractivity contribution in [3.8, 4) is 28.0 Å². The fourth-order valence-corrected chi connectivity index (χ4v) is 3.20. The van der Waals surface area contributed by atoms with E-state index in [4.69, 9.17) is 5.11 Å². The molecule has 3 rings (SSSR count). The van der Waals surface area contributed by atoms with Crippen molar-refractivity contribution in [3.63, 3.8) is 0 Å². The Morgan fingerprint density at radius 3 is 2.19 bits per heavy atom. The van der Waals surface area contributed by atoms with E-state index in [2.05, 4.69) is 44.2 Å². The Bertz CT molecular complexity index is 940. The van der Waals surface area contributed by atoms with Crippen LogP contribution in [0.25, 0.3) is 22.3 Å². The van der Waals surface area contributed by atoms with Crippen molar-refractivity contribution in [3.05, 3.63) is 77.4 Å². The van der Waals surface area contributed by atoms with E-state index in [1.807, 2.05) is 18.2 Å². The first-order chi connectivity index (χ1) is 12.5. The van der Waals surface area contributed by atoms with Gasteiger partial charge in [-0.1, -0.05) is 48.5 Å². The molecule has 3 aromatic rings. The normalized spacial score (nSPS) is 10.7. The molecule has 26 heavy (non-hydrogen) atoms. The Hall–Kier alpha value is -3.07. The first-order valence-electron chi connectivity index (χ1n) is 8.66. The molecule has 3 nitrogen and oxygen atoms in total. The number of carboxylic acid groups (broad SMARTS) is 1. The number of rotatable bonds is 5.